The topological polar surface area (TPSA) is 97.1 Å². The van der Waals surface area contributed by atoms with Gasteiger partial charge in [-0.3, -0.25) is 14.8 Å². The third-order valence-corrected chi connectivity index (χ3v) is 5.79. The lowest BCUT2D eigenvalue weighted by atomic mass is 9.98. The van der Waals surface area contributed by atoms with E-state index in [0.717, 1.165) is 59.2 Å². The standard InChI is InChI=1S/C24H20F3N7O/c1-13-3-4-16(32-22(35)14-5-6-29-19(10-14)24(25,26)27)11-17(13)18-9-15-12-31-23(28-2)33-20(15)34-8-7-30-21(18)34/h3-6,9-12,30H,7-8H2,1-2H3,(H,32,35). The van der Waals surface area contributed by atoms with E-state index in [1.807, 2.05) is 19.1 Å². The number of aromatic nitrogens is 4. The van der Waals surface area contributed by atoms with E-state index in [-0.39, 0.29) is 5.56 Å². The van der Waals surface area contributed by atoms with Crippen molar-refractivity contribution in [3.8, 4) is 22.5 Å². The van der Waals surface area contributed by atoms with Gasteiger partial charge in [0.2, 0.25) is 5.62 Å². The number of fused-ring (bicyclic) bond motifs is 3. The summed E-state index contributed by atoms with van der Waals surface area (Å²) in [5.41, 5.74) is 3.16. The first-order valence-corrected chi connectivity index (χ1v) is 10.8. The minimum Gasteiger partial charge on any atom is -0.369 e. The molecule has 1 aromatic heterocycles. The molecule has 0 saturated heterocycles. The minimum absolute atomic E-state index is 0.132. The molecule has 3 aliphatic heterocycles. The van der Waals surface area contributed by atoms with E-state index >= 15 is 0 Å². The smallest absolute Gasteiger partial charge is 0.369 e. The second-order valence-electron chi connectivity index (χ2n) is 8.07. The van der Waals surface area contributed by atoms with Crippen LogP contribution in [0.2, 0.25) is 0 Å². The quantitative estimate of drug-likeness (QED) is 0.463. The number of anilines is 2. The van der Waals surface area contributed by atoms with Crippen molar-refractivity contribution in [3.63, 3.8) is 0 Å². The number of benzene rings is 1. The summed E-state index contributed by atoms with van der Waals surface area (Å²) in [6, 6.07) is 9.32. The summed E-state index contributed by atoms with van der Waals surface area (Å²) in [5, 5.41) is 6.10. The zero-order valence-electron chi connectivity index (χ0n) is 18.8. The number of carbonyl (C=O) groups excluding carboxylic acids is 1. The van der Waals surface area contributed by atoms with E-state index in [4.69, 9.17) is 0 Å². The van der Waals surface area contributed by atoms with Gasteiger partial charge in [-0.15, -0.1) is 0 Å². The molecule has 0 fully saturated rings. The minimum atomic E-state index is -4.63. The number of hydrogen-bond donors (Lipinski definition) is 2. The number of halogens is 3. The Labute approximate surface area is 198 Å². The number of rotatable bonds is 3. The molecule has 3 aliphatic rings. The largest absolute Gasteiger partial charge is 0.433 e. The number of aryl methyl sites for hydroxylation is 1. The van der Waals surface area contributed by atoms with Crippen molar-refractivity contribution in [3.05, 3.63) is 71.2 Å². The van der Waals surface area contributed by atoms with Crippen LogP contribution in [-0.2, 0) is 12.7 Å². The Kier molecular flexibility index (Phi) is 5.46. The van der Waals surface area contributed by atoms with Crippen LogP contribution in [-0.4, -0.2) is 39.0 Å². The lowest BCUT2D eigenvalue weighted by Gasteiger charge is -2.19. The average Bonchev–Trinajstić information content (AvgIpc) is 3.34. The summed E-state index contributed by atoms with van der Waals surface area (Å²) in [5.74, 6) is 0.992. The van der Waals surface area contributed by atoms with E-state index in [2.05, 4.69) is 35.1 Å². The molecular weight excluding hydrogens is 459 g/mol. The normalized spacial score (nSPS) is 13.6. The molecule has 0 spiro atoms. The highest BCUT2D eigenvalue weighted by atomic mass is 19.4. The highest BCUT2D eigenvalue weighted by Gasteiger charge is 2.33. The molecule has 5 rings (SSSR count). The third kappa shape index (κ3) is 4.20. The monoisotopic (exact) mass is 479 g/mol. The molecule has 2 aromatic rings. The fourth-order valence-electron chi connectivity index (χ4n) is 4.09. The van der Waals surface area contributed by atoms with E-state index < -0.39 is 17.8 Å². The van der Waals surface area contributed by atoms with Gasteiger partial charge in [0.15, 0.2) is 0 Å². The van der Waals surface area contributed by atoms with Crippen LogP contribution in [0.5, 0.6) is 0 Å². The maximum absolute atomic E-state index is 13.0. The van der Waals surface area contributed by atoms with Crippen LogP contribution >= 0.6 is 0 Å². The summed E-state index contributed by atoms with van der Waals surface area (Å²) in [7, 11) is 1.64. The summed E-state index contributed by atoms with van der Waals surface area (Å²) in [4.78, 5) is 28.9. The summed E-state index contributed by atoms with van der Waals surface area (Å²) in [6.07, 6.45) is -1.94. The van der Waals surface area contributed by atoms with Crippen molar-refractivity contribution in [2.45, 2.75) is 19.6 Å². The van der Waals surface area contributed by atoms with E-state index in [1.165, 1.54) is 6.07 Å². The van der Waals surface area contributed by atoms with E-state index in [9.17, 15) is 18.0 Å². The Bertz CT molecular complexity index is 1490. The Hall–Kier alpha value is -4.28. The van der Waals surface area contributed by atoms with Gasteiger partial charge >= 0.3 is 6.18 Å². The fourth-order valence-corrected chi connectivity index (χ4v) is 4.09. The van der Waals surface area contributed by atoms with Crippen molar-refractivity contribution in [1.29, 1.82) is 0 Å². The summed E-state index contributed by atoms with van der Waals surface area (Å²) < 4.78 is 41.0. The number of amides is 1. The van der Waals surface area contributed by atoms with Crippen LogP contribution in [0.4, 0.5) is 24.7 Å². The zero-order chi connectivity index (χ0) is 24.7. The number of pyridine rings is 2. The molecule has 4 heterocycles. The molecule has 0 atom stereocenters. The van der Waals surface area contributed by atoms with Crippen LogP contribution in [0, 0.1) is 6.92 Å². The third-order valence-electron chi connectivity index (χ3n) is 5.79. The van der Waals surface area contributed by atoms with Gasteiger partial charge in [-0.25, -0.2) is 4.98 Å². The first-order valence-electron chi connectivity index (χ1n) is 10.8. The van der Waals surface area contributed by atoms with Gasteiger partial charge in [0.05, 0.1) is 0 Å². The van der Waals surface area contributed by atoms with Crippen LogP contribution in [0.1, 0.15) is 21.6 Å². The Balaban J connectivity index is 1.54. The Morgan fingerprint density at radius 1 is 1.14 bits per heavy atom. The Morgan fingerprint density at radius 3 is 2.74 bits per heavy atom. The fraction of sp³-hybridized carbons (Fsp3) is 0.208. The number of nitrogens with one attached hydrogen (secondary N) is 2. The van der Waals surface area contributed by atoms with Crippen LogP contribution in [0.15, 0.2) is 53.8 Å². The zero-order valence-corrected chi connectivity index (χ0v) is 18.8. The first-order chi connectivity index (χ1) is 16.7. The number of alkyl halides is 3. The highest BCUT2D eigenvalue weighted by molar-refractivity contribution is 6.04. The number of nitrogens with zero attached hydrogens (tertiary/aromatic N) is 5. The van der Waals surface area contributed by atoms with Crippen molar-refractivity contribution in [2.24, 2.45) is 4.99 Å². The molecule has 11 heteroatoms. The van der Waals surface area contributed by atoms with Crippen molar-refractivity contribution in [2.75, 3.05) is 24.2 Å². The number of carbonyl (C=O) groups is 1. The molecule has 35 heavy (non-hydrogen) atoms. The summed E-state index contributed by atoms with van der Waals surface area (Å²) in [6.45, 7) is 3.40. The molecule has 8 nitrogen and oxygen atoms in total. The SMILES string of the molecule is CN=c1ncc2cc(-c3cc(NC(=O)c4ccnc(C(F)(F)F)c4)ccc3C)c3n(c-2n1)CCN3. The van der Waals surface area contributed by atoms with Crippen LogP contribution < -0.4 is 16.3 Å². The maximum atomic E-state index is 13.0. The molecule has 0 bridgehead atoms. The first kappa shape index (κ1) is 22.5. The van der Waals surface area contributed by atoms with Gasteiger partial charge < -0.3 is 15.2 Å². The molecule has 1 amide bonds. The van der Waals surface area contributed by atoms with Gasteiger partial charge in [-0.2, -0.15) is 18.2 Å². The second kappa shape index (κ2) is 8.49. The highest BCUT2D eigenvalue weighted by Crippen LogP contribution is 2.39. The van der Waals surface area contributed by atoms with Gasteiger partial charge in [-0.1, -0.05) is 6.07 Å². The predicted molar refractivity (Wildman–Crippen MR) is 124 cm³/mol. The molecule has 0 radical (unpaired) electrons. The van der Waals surface area contributed by atoms with Crippen molar-refractivity contribution < 1.29 is 18.0 Å². The summed E-state index contributed by atoms with van der Waals surface area (Å²) >= 11 is 0. The average molecular weight is 479 g/mol. The van der Waals surface area contributed by atoms with Gasteiger partial charge in [0.25, 0.3) is 5.91 Å². The maximum Gasteiger partial charge on any atom is 0.433 e. The van der Waals surface area contributed by atoms with Crippen LogP contribution in [0.3, 0.4) is 0 Å². The van der Waals surface area contributed by atoms with Gasteiger partial charge in [0, 0.05) is 54.9 Å². The lowest BCUT2D eigenvalue weighted by molar-refractivity contribution is -0.141. The molecule has 0 saturated carbocycles. The molecule has 1 aromatic carbocycles. The van der Waals surface area contributed by atoms with Crippen LogP contribution in [0.25, 0.3) is 22.5 Å². The van der Waals surface area contributed by atoms with Gasteiger partial charge in [-0.05, 0) is 48.4 Å². The predicted octanol–water partition coefficient (Wildman–Crippen LogP) is 3.98. The number of hydrogen-bond acceptors (Lipinski definition) is 6. The molecule has 178 valence electrons. The lowest BCUT2D eigenvalue weighted by Crippen LogP contribution is -2.17. The van der Waals surface area contributed by atoms with Crippen molar-refractivity contribution in [1.82, 2.24) is 19.5 Å². The van der Waals surface area contributed by atoms with Gasteiger partial charge in [0.1, 0.15) is 17.3 Å². The molecule has 0 aliphatic carbocycles. The van der Waals surface area contributed by atoms with Crippen molar-refractivity contribution >= 4 is 17.4 Å². The molecular formula is C24H20F3N7O. The molecule has 2 N–H and O–H groups in total. The van der Waals surface area contributed by atoms with E-state index in [1.54, 1.807) is 25.4 Å². The second-order valence-corrected chi connectivity index (χ2v) is 8.07. The Morgan fingerprint density at radius 2 is 1.97 bits per heavy atom. The van der Waals surface area contributed by atoms with E-state index in [0.29, 0.717) is 11.3 Å². The molecule has 0 unspecified atom stereocenters.